The van der Waals surface area contributed by atoms with Crippen molar-refractivity contribution in [1.82, 2.24) is 9.55 Å². The molecule has 1 N–H and O–H groups in total. The van der Waals surface area contributed by atoms with E-state index >= 15 is 0 Å². The van der Waals surface area contributed by atoms with E-state index in [1.54, 1.807) is 28.8 Å². The Kier molecular flexibility index (Phi) is 7.18. The highest BCUT2D eigenvalue weighted by molar-refractivity contribution is 7.99. The summed E-state index contributed by atoms with van der Waals surface area (Å²) in [6, 6.07) is 18.5. The molecule has 0 saturated heterocycles. The Morgan fingerprint density at radius 1 is 1.14 bits per heavy atom. The number of aromatic nitrogens is 2. The summed E-state index contributed by atoms with van der Waals surface area (Å²) < 4.78 is 1.55. The number of nitro groups is 1. The van der Waals surface area contributed by atoms with Crippen LogP contribution in [-0.4, -0.2) is 26.1 Å². The average Bonchev–Trinajstić information content (AvgIpc) is 2.84. The number of non-ortho nitro benzene ring substituents is 1. The van der Waals surface area contributed by atoms with Gasteiger partial charge < -0.3 is 5.32 Å². The van der Waals surface area contributed by atoms with Gasteiger partial charge in [0.1, 0.15) is 0 Å². The van der Waals surface area contributed by atoms with E-state index in [4.69, 9.17) is 11.6 Å². The molecule has 1 aromatic heterocycles. The number of nitrogens with one attached hydrogen (secondary N) is 1. The van der Waals surface area contributed by atoms with Crippen molar-refractivity contribution in [3.63, 3.8) is 0 Å². The van der Waals surface area contributed by atoms with Gasteiger partial charge in [-0.15, -0.1) is 0 Å². The molecule has 0 saturated carbocycles. The minimum absolute atomic E-state index is 0.0536. The molecule has 3 aromatic carbocycles. The number of rotatable bonds is 7. The second kappa shape index (κ2) is 10.3. The number of halogens is 1. The van der Waals surface area contributed by atoms with Crippen molar-refractivity contribution >= 4 is 51.5 Å². The summed E-state index contributed by atoms with van der Waals surface area (Å²) in [5.41, 5.74) is 2.11. The molecule has 8 nitrogen and oxygen atoms in total. The monoisotopic (exact) mass is 508 g/mol. The highest BCUT2D eigenvalue weighted by Gasteiger charge is 2.18. The number of hydrogen-bond acceptors (Lipinski definition) is 6. The first-order chi connectivity index (χ1) is 16.8. The summed E-state index contributed by atoms with van der Waals surface area (Å²) >= 11 is 7.21. The zero-order valence-electron chi connectivity index (χ0n) is 18.9. The first-order valence-corrected chi connectivity index (χ1v) is 12.1. The molecule has 1 heterocycles. The summed E-state index contributed by atoms with van der Waals surface area (Å²) in [6.07, 6.45) is 0. The van der Waals surface area contributed by atoms with Gasteiger partial charge in [0.15, 0.2) is 5.16 Å². The summed E-state index contributed by atoms with van der Waals surface area (Å²) in [6.45, 7) is 4.10. The number of benzene rings is 3. The van der Waals surface area contributed by atoms with Crippen molar-refractivity contribution < 1.29 is 9.72 Å². The molecule has 10 heteroatoms. The maximum atomic E-state index is 13.5. The molecule has 0 spiro atoms. The normalized spacial score (nSPS) is 11.1. The quantitative estimate of drug-likeness (QED) is 0.146. The first kappa shape index (κ1) is 24.4. The Balaban J connectivity index is 1.68. The molecule has 0 fully saturated rings. The fraction of sp³-hybridized carbons (Fsp3) is 0.160. The van der Waals surface area contributed by atoms with Crippen LogP contribution in [-0.2, 0) is 4.79 Å². The van der Waals surface area contributed by atoms with Crippen LogP contribution in [0, 0.1) is 10.1 Å². The smallest absolute Gasteiger partial charge is 0.271 e. The van der Waals surface area contributed by atoms with E-state index in [0.717, 1.165) is 17.3 Å². The fourth-order valence-electron chi connectivity index (χ4n) is 3.64. The summed E-state index contributed by atoms with van der Waals surface area (Å²) in [4.78, 5) is 41.2. The van der Waals surface area contributed by atoms with E-state index < -0.39 is 10.8 Å². The van der Waals surface area contributed by atoms with Gasteiger partial charge in [0, 0.05) is 12.1 Å². The van der Waals surface area contributed by atoms with Gasteiger partial charge >= 0.3 is 0 Å². The van der Waals surface area contributed by atoms with Gasteiger partial charge in [-0.05, 0) is 35.7 Å². The molecule has 0 aliphatic rings. The van der Waals surface area contributed by atoms with Crippen molar-refractivity contribution in [2.75, 3.05) is 11.1 Å². The molecule has 1 amide bonds. The van der Waals surface area contributed by atoms with Gasteiger partial charge in [-0.25, -0.2) is 4.98 Å². The van der Waals surface area contributed by atoms with Gasteiger partial charge in [-0.3, -0.25) is 24.3 Å². The highest BCUT2D eigenvalue weighted by Crippen LogP contribution is 2.29. The van der Waals surface area contributed by atoms with Crippen LogP contribution in [0.3, 0.4) is 0 Å². The Morgan fingerprint density at radius 3 is 2.57 bits per heavy atom. The Labute approximate surface area is 210 Å². The topological polar surface area (TPSA) is 107 Å². The molecule has 4 aromatic rings. The second-order valence-electron chi connectivity index (χ2n) is 8.02. The molecular weight excluding hydrogens is 488 g/mol. The second-order valence-corrected chi connectivity index (χ2v) is 9.37. The lowest BCUT2D eigenvalue weighted by molar-refractivity contribution is -0.384. The lowest BCUT2D eigenvalue weighted by atomic mass is 10.0. The number of carbonyl (C=O) groups excluding carboxylic acids is 1. The molecule has 0 aliphatic heterocycles. The zero-order valence-corrected chi connectivity index (χ0v) is 20.5. The molecule has 35 heavy (non-hydrogen) atoms. The molecular formula is C25H21ClN4O4S. The third-order valence-electron chi connectivity index (χ3n) is 5.31. The number of nitro benzene ring substituents is 1. The number of thioether (sulfide) groups is 1. The van der Waals surface area contributed by atoms with E-state index in [0.29, 0.717) is 21.7 Å². The molecule has 0 atom stereocenters. The predicted octanol–water partition coefficient (Wildman–Crippen LogP) is 5.80. The van der Waals surface area contributed by atoms with Crippen LogP contribution in [0.2, 0.25) is 5.02 Å². The maximum Gasteiger partial charge on any atom is 0.271 e. The minimum Gasteiger partial charge on any atom is -0.324 e. The molecule has 178 valence electrons. The number of nitrogens with zero attached hydrogens (tertiary/aromatic N) is 3. The first-order valence-electron chi connectivity index (χ1n) is 10.7. The van der Waals surface area contributed by atoms with Crippen LogP contribution in [0.5, 0.6) is 0 Å². The van der Waals surface area contributed by atoms with Crippen LogP contribution < -0.4 is 10.9 Å². The minimum atomic E-state index is -0.563. The summed E-state index contributed by atoms with van der Waals surface area (Å²) in [5.74, 6) is -0.283. The van der Waals surface area contributed by atoms with Crippen LogP contribution in [0.15, 0.2) is 76.7 Å². The van der Waals surface area contributed by atoms with Gasteiger partial charge in [-0.1, -0.05) is 67.5 Å². The molecule has 0 radical (unpaired) electrons. The number of fused-ring (bicyclic) bond motifs is 1. The van der Waals surface area contributed by atoms with Crippen molar-refractivity contribution in [2.45, 2.75) is 24.9 Å². The van der Waals surface area contributed by atoms with Crippen molar-refractivity contribution in [1.29, 1.82) is 0 Å². The fourth-order valence-corrected chi connectivity index (χ4v) is 4.66. The number of amides is 1. The van der Waals surface area contributed by atoms with Crippen LogP contribution in [0.4, 0.5) is 11.4 Å². The van der Waals surface area contributed by atoms with Crippen LogP contribution in [0.25, 0.3) is 16.6 Å². The molecule has 0 unspecified atom stereocenters. The van der Waals surface area contributed by atoms with E-state index in [9.17, 15) is 19.7 Å². The Bertz CT molecular complexity index is 1500. The summed E-state index contributed by atoms with van der Waals surface area (Å²) in [7, 11) is 0. The highest BCUT2D eigenvalue weighted by atomic mass is 35.5. The van der Waals surface area contributed by atoms with Gasteiger partial charge in [-0.2, -0.15) is 0 Å². The average molecular weight is 509 g/mol. The van der Waals surface area contributed by atoms with Gasteiger partial charge in [0.25, 0.3) is 11.2 Å². The molecule has 0 bridgehead atoms. The van der Waals surface area contributed by atoms with Crippen LogP contribution in [0.1, 0.15) is 25.3 Å². The van der Waals surface area contributed by atoms with Crippen molar-refractivity contribution in [3.05, 3.63) is 97.8 Å². The van der Waals surface area contributed by atoms with E-state index in [1.807, 2.05) is 38.1 Å². The Morgan fingerprint density at radius 2 is 1.86 bits per heavy atom. The van der Waals surface area contributed by atoms with E-state index in [-0.39, 0.29) is 33.6 Å². The SMILES string of the molecule is CC(C)c1ccccc1-n1c(SCC(=O)Nc2ccc([N+](=O)[O-])cc2Cl)nc2ccccc2c1=O. The lowest BCUT2D eigenvalue weighted by Crippen LogP contribution is -2.24. The number of para-hydroxylation sites is 2. The number of carbonyl (C=O) groups is 1. The van der Waals surface area contributed by atoms with E-state index in [1.165, 1.54) is 18.2 Å². The summed E-state index contributed by atoms with van der Waals surface area (Å²) in [5, 5.41) is 14.5. The van der Waals surface area contributed by atoms with Gasteiger partial charge in [0.2, 0.25) is 5.91 Å². The third-order valence-corrected chi connectivity index (χ3v) is 6.57. The largest absolute Gasteiger partial charge is 0.324 e. The Hall–Kier alpha value is -3.69. The molecule has 4 rings (SSSR count). The van der Waals surface area contributed by atoms with Crippen LogP contribution >= 0.6 is 23.4 Å². The predicted molar refractivity (Wildman–Crippen MR) is 139 cm³/mol. The lowest BCUT2D eigenvalue weighted by Gasteiger charge is -2.18. The van der Waals surface area contributed by atoms with Gasteiger partial charge in [0.05, 0.1) is 38.0 Å². The number of hydrogen-bond donors (Lipinski definition) is 1. The number of anilines is 1. The van der Waals surface area contributed by atoms with E-state index in [2.05, 4.69) is 10.3 Å². The van der Waals surface area contributed by atoms with Crippen molar-refractivity contribution in [2.24, 2.45) is 0 Å². The third kappa shape index (κ3) is 5.21. The zero-order chi connectivity index (χ0) is 25.1. The maximum absolute atomic E-state index is 13.5. The molecule has 0 aliphatic carbocycles. The standard InChI is InChI=1S/C25H21ClN4O4S/c1-15(2)17-7-4-6-10-22(17)29-24(32)18-8-3-5-9-20(18)28-25(29)35-14-23(31)27-21-12-11-16(30(33)34)13-19(21)26/h3-13,15H,14H2,1-2H3,(H,27,31). The van der Waals surface area contributed by atoms with Crippen molar-refractivity contribution in [3.8, 4) is 5.69 Å².